The molecule has 0 N–H and O–H groups in total. The minimum atomic E-state index is 0.739. The fourth-order valence-corrected chi connectivity index (χ4v) is 8.75. The number of aromatic nitrogens is 2. The van der Waals surface area contributed by atoms with Crippen LogP contribution in [0.15, 0.2) is 120 Å². The minimum Gasteiger partial charge on any atom is -0.455 e. The monoisotopic (exact) mass is 640 g/mol. The zero-order chi connectivity index (χ0) is 33.4. The highest BCUT2D eigenvalue weighted by atomic mass is 32.1. The summed E-state index contributed by atoms with van der Waals surface area (Å²) in [6, 6.07) is 40.7. The van der Waals surface area contributed by atoms with E-state index in [1.165, 1.54) is 58.6 Å². The topological polar surface area (TPSA) is 38.9 Å². The van der Waals surface area contributed by atoms with E-state index in [-0.39, 0.29) is 0 Å². The summed E-state index contributed by atoms with van der Waals surface area (Å²) in [5.41, 5.74) is 15.3. The third-order valence-electron chi connectivity index (χ3n) is 10.5. The lowest BCUT2D eigenvalue weighted by Crippen LogP contribution is -2.55. The number of thiophene rings is 1. The van der Waals surface area contributed by atoms with Crippen molar-refractivity contribution in [3.8, 4) is 45.0 Å². The second kappa shape index (κ2) is 11.4. The lowest BCUT2D eigenvalue weighted by molar-refractivity contribution is 0.670. The van der Waals surface area contributed by atoms with Gasteiger partial charge in [0.05, 0.1) is 11.4 Å². The van der Waals surface area contributed by atoms with Crippen molar-refractivity contribution in [2.24, 2.45) is 0 Å². The minimum absolute atomic E-state index is 0.739. The number of rotatable bonds is 4. The van der Waals surface area contributed by atoms with Crippen LogP contribution in [-0.4, -0.2) is 49.2 Å². The summed E-state index contributed by atoms with van der Waals surface area (Å²) in [5.74, 6) is 0.739. The van der Waals surface area contributed by atoms with Gasteiger partial charge in [-0.15, -0.1) is 27.7 Å². The molecule has 0 aliphatic carbocycles. The lowest BCUT2D eigenvalue weighted by atomic mass is 9.60. The fourth-order valence-electron chi connectivity index (χ4n) is 7.52. The Labute approximate surface area is 293 Å². The number of furan rings is 1. The standard InChI is InChI=1S/C40H29B5N2OS/c41-33-32(34(42)36(44)37(45)35(33)43)40-46-27(20-9-2-1-3-10-20)19-28(47-40)25-15-7-16-26-31-22(12-8-17-29(31)48-38(25)26)24-14-6-13-23-21-11-4-5-18-30(21)49-39(23)24/h1-19H,41-45H2. The van der Waals surface area contributed by atoms with Gasteiger partial charge in [-0.3, -0.25) is 0 Å². The lowest BCUT2D eigenvalue weighted by Gasteiger charge is -2.20. The van der Waals surface area contributed by atoms with Gasteiger partial charge in [0, 0.05) is 53.2 Å². The number of benzene rings is 6. The first-order valence-corrected chi connectivity index (χ1v) is 17.6. The van der Waals surface area contributed by atoms with Crippen LogP contribution in [0.5, 0.6) is 0 Å². The second-order valence-corrected chi connectivity index (χ2v) is 14.1. The van der Waals surface area contributed by atoms with Crippen LogP contribution in [0.1, 0.15) is 0 Å². The summed E-state index contributed by atoms with van der Waals surface area (Å²) in [5, 5.41) is 4.79. The zero-order valence-electron chi connectivity index (χ0n) is 28.2. The van der Waals surface area contributed by atoms with E-state index in [9.17, 15) is 0 Å². The molecule has 0 saturated carbocycles. The predicted octanol–water partition coefficient (Wildman–Crippen LogP) is 2.70. The summed E-state index contributed by atoms with van der Waals surface area (Å²) in [7, 11) is 11.0. The molecule has 3 aromatic heterocycles. The smallest absolute Gasteiger partial charge is 0.159 e. The molecular weight excluding hydrogens is 611 g/mol. The Bertz CT molecular complexity index is 2760. The largest absolute Gasteiger partial charge is 0.455 e. The Kier molecular flexibility index (Phi) is 6.96. The maximum absolute atomic E-state index is 6.81. The van der Waals surface area contributed by atoms with Crippen LogP contribution in [0.2, 0.25) is 0 Å². The Balaban J connectivity index is 1.31. The normalized spacial score (nSPS) is 11.7. The molecule has 9 aromatic rings. The van der Waals surface area contributed by atoms with Crippen LogP contribution >= 0.6 is 11.3 Å². The van der Waals surface area contributed by atoms with E-state index in [4.69, 9.17) is 14.4 Å². The molecule has 0 unspecified atom stereocenters. The third kappa shape index (κ3) is 4.63. The molecule has 0 aliphatic rings. The van der Waals surface area contributed by atoms with Gasteiger partial charge in [0.25, 0.3) is 0 Å². The molecular formula is C40H29B5N2OS. The van der Waals surface area contributed by atoms with Gasteiger partial charge in [0.2, 0.25) is 0 Å². The van der Waals surface area contributed by atoms with Crippen LogP contribution in [0.25, 0.3) is 87.1 Å². The van der Waals surface area contributed by atoms with Crippen molar-refractivity contribution < 1.29 is 4.42 Å². The summed E-state index contributed by atoms with van der Waals surface area (Å²) >= 11 is 1.86. The zero-order valence-corrected chi connectivity index (χ0v) is 29.0. The first-order valence-electron chi connectivity index (χ1n) is 16.8. The first kappa shape index (κ1) is 29.9. The Hall–Kier alpha value is -5.26. The highest BCUT2D eigenvalue weighted by Gasteiger charge is 2.21. The van der Waals surface area contributed by atoms with Gasteiger partial charge < -0.3 is 4.42 Å². The van der Waals surface area contributed by atoms with Gasteiger partial charge in [0.15, 0.2) is 5.82 Å². The molecule has 9 heteroatoms. The Morgan fingerprint density at radius 3 is 1.92 bits per heavy atom. The molecule has 0 fully saturated rings. The molecule has 0 radical (unpaired) electrons. The average molecular weight is 640 g/mol. The van der Waals surface area contributed by atoms with E-state index in [1.807, 2.05) is 17.4 Å². The molecule has 0 aliphatic heterocycles. The Morgan fingerprint density at radius 2 is 1.12 bits per heavy atom. The van der Waals surface area contributed by atoms with Crippen molar-refractivity contribution in [3.05, 3.63) is 115 Å². The van der Waals surface area contributed by atoms with E-state index in [0.29, 0.717) is 0 Å². The van der Waals surface area contributed by atoms with Crippen molar-refractivity contribution in [2.45, 2.75) is 0 Å². The Morgan fingerprint density at radius 1 is 0.510 bits per heavy atom. The number of nitrogens with zero attached hydrogens (tertiary/aromatic N) is 2. The van der Waals surface area contributed by atoms with Gasteiger partial charge >= 0.3 is 0 Å². The summed E-state index contributed by atoms with van der Waals surface area (Å²) in [6.07, 6.45) is 0. The van der Waals surface area contributed by atoms with Crippen LogP contribution in [0.3, 0.4) is 0 Å². The van der Waals surface area contributed by atoms with Crippen LogP contribution in [-0.2, 0) is 0 Å². The molecule has 3 nitrogen and oxygen atoms in total. The summed E-state index contributed by atoms with van der Waals surface area (Å²) in [4.78, 5) is 10.5. The van der Waals surface area contributed by atoms with Crippen LogP contribution in [0.4, 0.5) is 0 Å². The van der Waals surface area contributed by atoms with Crippen molar-refractivity contribution in [1.29, 1.82) is 0 Å². The molecule has 226 valence electrons. The van der Waals surface area contributed by atoms with Gasteiger partial charge in [0.1, 0.15) is 50.4 Å². The van der Waals surface area contributed by atoms with Gasteiger partial charge in [-0.25, -0.2) is 9.97 Å². The molecule has 0 bridgehead atoms. The van der Waals surface area contributed by atoms with Gasteiger partial charge in [-0.2, -0.15) is 0 Å². The van der Waals surface area contributed by atoms with Crippen LogP contribution < -0.4 is 27.3 Å². The van der Waals surface area contributed by atoms with Crippen molar-refractivity contribution in [2.75, 3.05) is 0 Å². The van der Waals surface area contributed by atoms with E-state index in [2.05, 4.69) is 148 Å². The van der Waals surface area contributed by atoms with Crippen molar-refractivity contribution >= 4 is 120 Å². The average Bonchev–Trinajstić information content (AvgIpc) is 3.72. The van der Waals surface area contributed by atoms with Crippen molar-refractivity contribution in [3.63, 3.8) is 0 Å². The summed E-state index contributed by atoms with van der Waals surface area (Å²) < 4.78 is 9.40. The highest BCUT2D eigenvalue weighted by Crippen LogP contribution is 2.45. The van der Waals surface area contributed by atoms with E-state index in [1.54, 1.807) is 0 Å². The van der Waals surface area contributed by atoms with Crippen LogP contribution in [0, 0.1) is 0 Å². The van der Waals surface area contributed by atoms with E-state index in [0.717, 1.165) is 55.8 Å². The maximum Gasteiger partial charge on any atom is 0.159 e. The molecule has 0 atom stereocenters. The second-order valence-electron chi connectivity index (χ2n) is 13.1. The van der Waals surface area contributed by atoms with Gasteiger partial charge in [-0.1, -0.05) is 102 Å². The fraction of sp³-hybridized carbons (Fsp3) is 0. The number of fused-ring (bicyclic) bond motifs is 6. The number of para-hydroxylation sites is 1. The van der Waals surface area contributed by atoms with E-state index < -0.39 is 0 Å². The summed E-state index contributed by atoms with van der Waals surface area (Å²) in [6.45, 7) is 0. The quantitative estimate of drug-likeness (QED) is 0.278. The molecule has 0 saturated heterocycles. The molecule has 0 spiro atoms. The molecule has 3 heterocycles. The van der Waals surface area contributed by atoms with Crippen molar-refractivity contribution in [1.82, 2.24) is 9.97 Å². The molecule has 49 heavy (non-hydrogen) atoms. The van der Waals surface area contributed by atoms with Gasteiger partial charge in [-0.05, 0) is 29.8 Å². The first-order chi connectivity index (χ1) is 23.9. The molecule has 9 rings (SSSR count). The number of hydrogen-bond acceptors (Lipinski definition) is 4. The SMILES string of the molecule is Bc1c(B)c(B)c(-c2nc(-c3ccccc3)cc(-c3cccc4c3oc3cccc(-c5cccc6c5sc5ccccc56)c34)n2)c(B)c1B. The third-order valence-corrected chi connectivity index (χ3v) is 11.7. The van der Waals surface area contributed by atoms with E-state index >= 15 is 0 Å². The number of hydrogen-bond donors (Lipinski definition) is 0. The molecule has 6 aromatic carbocycles. The maximum atomic E-state index is 6.81. The highest BCUT2D eigenvalue weighted by molar-refractivity contribution is 7.26. The molecule has 0 amide bonds. The predicted molar refractivity (Wildman–Crippen MR) is 225 cm³/mol.